The van der Waals surface area contributed by atoms with Crippen LogP contribution in [0.2, 0.25) is 0 Å². The van der Waals surface area contributed by atoms with Crippen LogP contribution in [0, 0.1) is 0 Å². The number of hydrogen-bond donors (Lipinski definition) is 3. The van der Waals surface area contributed by atoms with Crippen LogP contribution in [0.15, 0.2) is 24.3 Å². The SMILES string of the molecule is CCCCCC1OC1C/C=C/CC(=O)NCCCCCNCCNC(=O)C/C=C/CC1OC1CCCCC. The van der Waals surface area contributed by atoms with Crippen molar-refractivity contribution in [2.75, 3.05) is 26.2 Å². The molecule has 0 saturated carbocycles. The molecule has 0 aromatic carbocycles. The van der Waals surface area contributed by atoms with Crippen LogP contribution in [0.1, 0.15) is 110 Å². The van der Waals surface area contributed by atoms with Crippen molar-refractivity contribution in [3.8, 4) is 0 Å². The van der Waals surface area contributed by atoms with E-state index in [1.54, 1.807) is 0 Å². The number of carbonyl (C=O) groups excluding carboxylic acids is 2. The molecular weight excluding hydrogens is 478 g/mol. The minimum Gasteiger partial charge on any atom is -0.369 e. The predicted molar refractivity (Wildman–Crippen MR) is 155 cm³/mol. The standard InChI is InChI=1S/C31H55N3O4/c1-3-5-8-16-26-28(37-26)18-10-12-20-30(35)33-23-15-7-14-22-32-24-25-34-31(36)21-13-11-19-29-27(38-29)17-9-6-4-2/h10-13,26-29,32H,3-9,14-25H2,1-2H3,(H,33,35)(H,34,36)/b12-10+,13-11+. The topological polar surface area (TPSA) is 95.3 Å². The van der Waals surface area contributed by atoms with Crippen LogP contribution in [-0.2, 0) is 19.1 Å². The van der Waals surface area contributed by atoms with Gasteiger partial charge in [-0.1, -0.05) is 83.1 Å². The van der Waals surface area contributed by atoms with Crippen molar-refractivity contribution in [2.45, 2.75) is 135 Å². The molecule has 0 aliphatic carbocycles. The molecule has 2 aliphatic heterocycles. The number of unbranched alkanes of at least 4 members (excludes halogenated alkanes) is 6. The van der Waals surface area contributed by atoms with Gasteiger partial charge < -0.3 is 25.4 Å². The maximum absolute atomic E-state index is 11.9. The van der Waals surface area contributed by atoms with E-state index >= 15 is 0 Å². The molecular formula is C31H55N3O4. The molecule has 0 bridgehead atoms. The van der Waals surface area contributed by atoms with Crippen molar-refractivity contribution in [2.24, 2.45) is 0 Å². The molecule has 7 heteroatoms. The van der Waals surface area contributed by atoms with Crippen LogP contribution in [0.5, 0.6) is 0 Å². The number of rotatable bonds is 25. The van der Waals surface area contributed by atoms with Gasteiger partial charge in [0, 0.05) is 32.5 Å². The van der Waals surface area contributed by atoms with Gasteiger partial charge in [0.15, 0.2) is 0 Å². The minimum absolute atomic E-state index is 0.0670. The molecule has 2 fully saturated rings. The Hall–Kier alpha value is -1.70. The number of carbonyl (C=O) groups is 2. The molecule has 0 aromatic rings. The van der Waals surface area contributed by atoms with Gasteiger partial charge in [0.2, 0.25) is 11.8 Å². The number of epoxide rings is 2. The highest BCUT2D eigenvalue weighted by molar-refractivity contribution is 5.77. The van der Waals surface area contributed by atoms with E-state index in [0.717, 1.165) is 51.7 Å². The molecule has 38 heavy (non-hydrogen) atoms. The van der Waals surface area contributed by atoms with Gasteiger partial charge >= 0.3 is 0 Å². The van der Waals surface area contributed by atoms with Crippen molar-refractivity contribution in [3.05, 3.63) is 24.3 Å². The van der Waals surface area contributed by atoms with Crippen molar-refractivity contribution in [3.63, 3.8) is 0 Å². The number of nitrogens with one attached hydrogen (secondary N) is 3. The number of amides is 2. The van der Waals surface area contributed by atoms with Gasteiger partial charge in [-0.05, 0) is 45.1 Å². The molecule has 7 nitrogen and oxygen atoms in total. The van der Waals surface area contributed by atoms with E-state index < -0.39 is 0 Å². The van der Waals surface area contributed by atoms with E-state index in [1.807, 2.05) is 12.2 Å². The van der Waals surface area contributed by atoms with E-state index in [0.29, 0.717) is 43.8 Å². The Morgan fingerprint density at radius 2 is 1.11 bits per heavy atom. The molecule has 2 rings (SSSR count). The van der Waals surface area contributed by atoms with Crippen molar-refractivity contribution >= 4 is 11.8 Å². The van der Waals surface area contributed by atoms with Crippen LogP contribution in [0.25, 0.3) is 0 Å². The highest BCUT2D eigenvalue weighted by atomic mass is 16.6. The summed E-state index contributed by atoms with van der Waals surface area (Å²) in [7, 11) is 0. The number of hydrogen-bond acceptors (Lipinski definition) is 5. The lowest BCUT2D eigenvalue weighted by molar-refractivity contribution is -0.121. The number of ether oxygens (including phenoxy) is 2. The fourth-order valence-electron chi connectivity index (χ4n) is 4.65. The minimum atomic E-state index is 0.0670. The average molecular weight is 534 g/mol. The van der Waals surface area contributed by atoms with Gasteiger partial charge in [0.25, 0.3) is 0 Å². The van der Waals surface area contributed by atoms with E-state index in [2.05, 4.69) is 41.9 Å². The maximum atomic E-state index is 11.9. The third-order valence-electron chi connectivity index (χ3n) is 7.21. The van der Waals surface area contributed by atoms with Crippen LogP contribution in [0.4, 0.5) is 0 Å². The molecule has 0 radical (unpaired) electrons. The van der Waals surface area contributed by atoms with Gasteiger partial charge in [-0.3, -0.25) is 9.59 Å². The second kappa shape index (κ2) is 21.2. The van der Waals surface area contributed by atoms with Gasteiger partial charge in [0.1, 0.15) is 0 Å². The fourth-order valence-corrected chi connectivity index (χ4v) is 4.65. The van der Waals surface area contributed by atoms with Crippen LogP contribution >= 0.6 is 0 Å². The van der Waals surface area contributed by atoms with Gasteiger partial charge in [-0.2, -0.15) is 0 Å². The molecule has 2 heterocycles. The Morgan fingerprint density at radius 3 is 1.66 bits per heavy atom. The summed E-state index contributed by atoms with van der Waals surface area (Å²) >= 11 is 0. The lowest BCUT2D eigenvalue weighted by atomic mass is 10.1. The Balaban J connectivity index is 1.28. The first-order chi connectivity index (χ1) is 18.6. The van der Waals surface area contributed by atoms with Crippen LogP contribution in [0.3, 0.4) is 0 Å². The average Bonchev–Trinajstić information content (AvgIpc) is 3.83. The fraction of sp³-hybridized carbons (Fsp3) is 0.806. The zero-order chi connectivity index (χ0) is 27.3. The van der Waals surface area contributed by atoms with Crippen molar-refractivity contribution in [1.29, 1.82) is 0 Å². The molecule has 0 spiro atoms. The quantitative estimate of drug-likeness (QED) is 0.0836. The second-order valence-electron chi connectivity index (χ2n) is 10.8. The summed E-state index contributed by atoms with van der Waals surface area (Å²) in [6, 6.07) is 0. The van der Waals surface area contributed by atoms with Crippen molar-refractivity contribution < 1.29 is 19.1 Å². The lowest BCUT2D eigenvalue weighted by Crippen LogP contribution is -2.31. The zero-order valence-electron chi connectivity index (χ0n) is 24.2. The summed E-state index contributed by atoms with van der Waals surface area (Å²) in [5.41, 5.74) is 0. The van der Waals surface area contributed by atoms with Crippen LogP contribution < -0.4 is 16.0 Å². The normalized spacial score (nSPS) is 22.3. The molecule has 4 atom stereocenters. The van der Waals surface area contributed by atoms with Crippen molar-refractivity contribution in [1.82, 2.24) is 16.0 Å². The second-order valence-corrected chi connectivity index (χ2v) is 10.8. The molecule has 2 amide bonds. The summed E-state index contributed by atoms with van der Waals surface area (Å²) in [5, 5.41) is 9.31. The molecule has 2 aliphatic rings. The van der Waals surface area contributed by atoms with E-state index in [1.165, 1.54) is 51.4 Å². The smallest absolute Gasteiger partial charge is 0.223 e. The van der Waals surface area contributed by atoms with E-state index in [4.69, 9.17) is 9.47 Å². The third-order valence-corrected chi connectivity index (χ3v) is 7.21. The van der Waals surface area contributed by atoms with Crippen LogP contribution in [-0.4, -0.2) is 62.4 Å². The summed E-state index contributed by atoms with van der Waals surface area (Å²) in [4.78, 5) is 23.8. The Bertz CT molecular complexity index is 639. The monoisotopic (exact) mass is 533 g/mol. The summed E-state index contributed by atoms with van der Waals surface area (Å²) < 4.78 is 11.3. The summed E-state index contributed by atoms with van der Waals surface area (Å²) in [5.74, 6) is 0.158. The van der Waals surface area contributed by atoms with E-state index in [-0.39, 0.29) is 11.8 Å². The zero-order valence-corrected chi connectivity index (χ0v) is 24.2. The highest BCUT2D eigenvalue weighted by Gasteiger charge is 2.37. The van der Waals surface area contributed by atoms with Gasteiger partial charge in [-0.25, -0.2) is 0 Å². The predicted octanol–water partition coefficient (Wildman–Crippen LogP) is 5.35. The Kier molecular flexibility index (Phi) is 18.1. The largest absolute Gasteiger partial charge is 0.369 e. The Labute approximate surface area is 231 Å². The molecule has 0 aromatic heterocycles. The van der Waals surface area contributed by atoms with Gasteiger partial charge in [-0.15, -0.1) is 0 Å². The molecule has 218 valence electrons. The molecule has 4 unspecified atom stereocenters. The first kappa shape index (κ1) is 32.5. The first-order valence-electron chi connectivity index (χ1n) is 15.5. The summed E-state index contributed by atoms with van der Waals surface area (Å²) in [6.07, 6.45) is 25.5. The Morgan fingerprint density at radius 1 is 0.579 bits per heavy atom. The lowest BCUT2D eigenvalue weighted by Gasteiger charge is -2.07. The summed E-state index contributed by atoms with van der Waals surface area (Å²) in [6.45, 7) is 7.52. The van der Waals surface area contributed by atoms with E-state index in [9.17, 15) is 9.59 Å². The highest BCUT2D eigenvalue weighted by Crippen LogP contribution is 2.31. The maximum Gasteiger partial charge on any atom is 0.223 e. The molecule has 3 N–H and O–H groups in total. The third kappa shape index (κ3) is 17.0. The van der Waals surface area contributed by atoms with Gasteiger partial charge in [0.05, 0.1) is 24.4 Å². The molecule has 2 saturated heterocycles. The first-order valence-corrected chi connectivity index (χ1v) is 15.5.